The van der Waals surface area contributed by atoms with Crippen molar-refractivity contribution in [2.24, 2.45) is 12.0 Å². The number of rotatable bonds is 2. The first-order valence-corrected chi connectivity index (χ1v) is 7.42. The van der Waals surface area contributed by atoms with Gasteiger partial charge in [-0.25, -0.2) is 4.85 Å². The molecule has 0 bridgehead atoms. The number of nitrogens with one attached hydrogen (secondary N) is 2. The standard InChI is InChI=1S/C16H16N6O2.CH4/c1-17-11-4-5-12(23)14(13(11)10-8-20-22(2)9-10)15(24)21-16-18-6-3-7-19-16;/h4-5,8-9,23H,3,6-7H2,2H3,(H2,18,19,21,24);1H4. The third-order valence-corrected chi connectivity index (χ3v) is 3.63. The molecule has 0 spiro atoms. The van der Waals surface area contributed by atoms with Crippen molar-refractivity contribution in [1.29, 1.82) is 0 Å². The molecular formula is C17H20N6O2. The van der Waals surface area contributed by atoms with Crippen LogP contribution in [0.3, 0.4) is 0 Å². The largest absolute Gasteiger partial charge is 0.507 e. The fourth-order valence-corrected chi connectivity index (χ4v) is 2.53. The van der Waals surface area contributed by atoms with E-state index < -0.39 is 5.91 Å². The molecule has 0 aliphatic carbocycles. The monoisotopic (exact) mass is 340 g/mol. The van der Waals surface area contributed by atoms with E-state index in [0.717, 1.165) is 13.0 Å². The lowest BCUT2D eigenvalue weighted by Gasteiger charge is -2.17. The van der Waals surface area contributed by atoms with Crippen LogP contribution < -0.4 is 10.6 Å². The lowest BCUT2D eigenvalue weighted by Crippen LogP contribution is -2.43. The van der Waals surface area contributed by atoms with Gasteiger partial charge in [-0.3, -0.25) is 19.8 Å². The number of guanidine groups is 1. The van der Waals surface area contributed by atoms with Crippen LogP contribution >= 0.6 is 0 Å². The number of aliphatic imine (C=N–C) groups is 1. The van der Waals surface area contributed by atoms with Gasteiger partial charge >= 0.3 is 0 Å². The fourth-order valence-electron chi connectivity index (χ4n) is 2.53. The van der Waals surface area contributed by atoms with E-state index >= 15 is 0 Å². The number of phenols is 1. The molecule has 0 radical (unpaired) electrons. The molecule has 25 heavy (non-hydrogen) atoms. The molecule has 3 rings (SSSR count). The highest BCUT2D eigenvalue weighted by molar-refractivity contribution is 6.12. The molecular weight excluding hydrogens is 320 g/mol. The van der Waals surface area contributed by atoms with Crippen molar-refractivity contribution in [2.75, 3.05) is 13.1 Å². The van der Waals surface area contributed by atoms with Gasteiger partial charge < -0.3 is 10.4 Å². The summed E-state index contributed by atoms with van der Waals surface area (Å²) in [5.74, 6) is -0.351. The molecule has 0 unspecified atom stereocenters. The average Bonchev–Trinajstić information content (AvgIpc) is 3.01. The normalized spacial score (nSPS) is 13.0. The van der Waals surface area contributed by atoms with Crippen LogP contribution in [0.2, 0.25) is 0 Å². The Morgan fingerprint density at radius 3 is 2.88 bits per heavy atom. The maximum atomic E-state index is 12.7. The Balaban J connectivity index is 0.00000225. The molecule has 0 atom stereocenters. The third-order valence-electron chi connectivity index (χ3n) is 3.63. The van der Waals surface area contributed by atoms with Crippen LogP contribution in [0.15, 0.2) is 29.5 Å². The number of nitrogens with zero attached hydrogens (tertiary/aromatic N) is 4. The second-order valence-corrected chi connectivity index (χ2v) is 5.33. The number of hydrogen-bond donors (Lipinski definition) is 3. The Bertz CT molecular complexity index is 863. The second kappa shape index (κ2) is 7.49. The number of carbonyl (C=O) groups excluding carboxylic acids is 1. The maximum Gasteiger partial charge on any atom is 0.261 e. The molecule has 1 aliphatic rings. The number of benzene rings is 1. The first-order valence-electron chi connectivity index (χ1n) is 7.42. The topological polar surface area (TPSA) is 95.9 Å². The van der Waals surface area contributed by atoms with Crippen molar-refractivity contribution >= 4 is 17.6 Å². The molecule has 2 aromatic rings. The molecule has 1 aromatic carbocycles. The zero-order chi connectivity index (χ0) is 17.1. The van der Waals surface area contributed by atoms with Gasteiger partial charge in [0.15, 0.2) is 11.6 Å². The number of hydrogen-bond acceptors (Lipinski definition) is 5. The number of phenolic OH excluding ortho intramolecular Hbond substituents is 1. The van der Waals surface area contributed by atoms with Crippen LogP contribution in [0.25, 0.3) is 16.0 Å². The zero-order valence-corrected chi connectivity index (χ0v) is 13.1. The third kappa shape index (κ3) is 3.61. The van der Waals surface area contributed by atoms with Gasteiger partial charge in [-0.2, -0.15) is 5.10 Å². The molecule has 1 aromatic heterocycles. The summed E-state index contributed by atoms with van der Waals surface area (Å²) in [6.45, 7) is 8.71. The number of amides is 1. The summed E-state index contributed by atoms with van der Waals surface area (Å²) in [7, 11) is 1.74. The molecule has 0 fully saturated rings. The quantitative estimate of drug-likeness (QED) is 0.729. The summed E-state index contributed by atoms with van der Waals surface area (Å²) < 4.78 is 1.57. The minimum atomic E-state index is -0.523. The van der Waals surface area contributed by atoms with E-state index in [1.54, 1.807) is 24.1 Å². The predicted molar refractivity (Wildman–Crippen MR) is 95.7 cm³/mol. The molecule has 1 amide bonds. The molecule has 8 heteroatoms. The van der Waals surface area contributed by atoms with E-state index in [-0.39, 0.29) is 24.4 Å². The van der Waals surface area contributed by atoms with Crippen molar-refractivity contribution in [3.8, 4) is 16.9 Å². The smallest absolute Gasteiger partial charge is 0.261 e. The van der Waals surface area contributed by atoms with Crippen molar-refractivity contribution in [1.82, 2.24) is 20.4 Å². The number of aromatic nitrogens is 2. The van der Waals surface area contributed by atoms with E-state index in [0.29, 0.717) is 23.6 Å². The Hall–Kier alpha value is -3.34. The van der Waals surface area contributed by atoms with Gasteiger partial charge in [0, 0.05) is 37.5 Å². The maximum absolute atomic E-state index is 12.7. The predicted octanol–water partition coefficient (Wildman–Crippen LogP) is 2.06. The van der Waals surface area contributed by atoms with Crippen molar-refractivity contribution in [2.45, 2.75) is 13.8 Å². The van der Waals surface area contributed by atoms with Gasteiger partial charge in [0.1, 0.15) is 5.75 Å². The van der Waals surface area contributed by atoms with Crippen LogP contribution in [-0.4, -0.2) is 39.8 Å². The number of carbonyl (C=O) groups is 1. The number of aromatic hydroxyl groups is 1. The summed E-state index contributed by atoms with van der Waals surface area (Å²) in [6.07, 6.45) is 4.14. The Morgan fingerprint density at radius 1 is 1.48 bits per heavy atom. The molecule has 0 saturated heterocycles. The molecule has 130 valence electrons. The Morgan fingerprint density at radius 2 is 2.28 bits per heavy atom. The van der Waals surface area contributed by atoms with E-state index in [2.05, 4.69) is 25.6 Å². The lowest BCUT2D eigenvalue weighted by molar-refractivity contribution is 0.0973. The number of aryl methyl sites for hydroxylation is 1. The van der Waals surface area contributed by atoms with Gasteiger partial charge in [0.05, 0.1) is 18.3 Å². The van der Waals surface area contributed by atoms with Crippen molar-refractivity contribution in [3.63, 3.8) is 0 Å². The van der Waals surface area contributed by atoms with E-state index in [9.17, 15) is 9.90 Å². The SMILES string of the molecule is C.[C-]#[N+]c1ccc(O)c(C(=O)NC2=NCCCN2)c1-c1cnn(C)c1. The lowest BCUT2D eigenvalue weighted by atomic mass is 9.98. The second-order valence-electron chi connectivity index (χ2n) is 5.33. The molecule has 3 N–H and O–H groups in total. The van der Waals surface area contributed by atoms with Crippen molar-refractivity contribution < 1.29 is 9.90 Å². The highest BCUT2D eigenvalue weighted by Gasteiger charge is 2.23. The Labute approximate surface area is 146 Å². The van der Waals surface area contributed by atoms with Crippen LogP contribution in [0.4, 0.5) is 5.69 Å². The first kappa shape index (κ1) is 18.0. The van der Waals surface area contributed by atoms with Crippen LogP contribution in [0.5, 0.6) is 5.75 Å². The molecule has 1 aliphatic heterocycles. The summed E-state index contributed by atoms with van der Waals surface area (Å²) in [5.41, 5.74) is 1.24. The minimum Gasteiger partial charge on any atom is -0.507 e. The summed E-state index contributed by atoms with van der Waals surface area (Å²) in [5, 5.41) is 20.0. The fraction of sp³-hybridized carbons (Fsp3) is 0.294. The van der Waals surface area contributed by atoms with Gasteiger partial charge in [-0.05, 0) is 12.5 Å². The highest BCUT2D eigenvalue weighted by Crippen LogP contribution is 2.38. The van der Waals surface area contributed by atoms with Crippen LogP contribution in [0.1, 0.15) is 24.2 Å². The van der Waals surface area contributed by atoms with Gasteiger partial charge in [0.2, 0.25) is 0 Å². The summed E-state index contributed by atoms with van der Waals surface area (Å²) in [4.78, 5) is 20.3. The highest BCUT2D eigenvalue weighted by atomic mass is 16.3. The minimum absolute atomic E-state index is 0. The van der Waals surface area contributed by atoms with Crippen LogP contribution in [0, 0.1) is 6.57 Å². The summed E-state index contributed by atoms with van der Waals surface area (Å²) in [6, 6.07) is 2.83. The van der Waals surface area contributed by atoms with E-state index in [4.69, 9.17) is 6.57 Å². The van der Waals surface area contributed by atoms with Gasteiger partial charge in [-0.15, -0.1) is 0 Å². The molecule has 8 nitrogen and oxygen atoms in total. The van der Waals surface area contributed by atoms with E-state index in [1.165, 1.54) is 12.1 Å². The first-order chi connectivity index (χ1) is 11.6. The van der Waals surface area contributed by atoms with Gasteiger partial charge in [0.25, 0.3) is 5.91 Å². The Kier molecular flexibility index (Phi) is 5.39. The zero-order valence-electron chi connectivity index (χ0n) is 13.1. The van der Waals surface area contributed by atoms with Crippen molar-refractivity contribution in [3.05, 3.63) is 41.5 Å². The molecule has 0 saturated carbocycles. The van der Waals surface area contributed by atoms with E-state index in [1.807, 2.05) is 0 Å². The van der Waals surface area contributed by atoms with Gasteiger partial charge in [-0.1, -0.05) is 13.5 Å². The molecule has 2 heterocycles. The summed E-state index contributed by atoms with van der Waals surface area (Å²) >= 11 is 0. The average molecular weight is 340 g/mol. The van der Waals surface area contributed by atoms with Crippen LogP contribution in [-0.2, 0) is 7.05 Å².